The molecule has 2 fully saturated rings. The average molecular weight is 308 g/mol. The van der Waals surface area contributed by atoms with Crippen LogP contribution in [0.1, 0.15) is 25.3 Å². The van der Waals surface area contributed by atoms with Gasteiger partial charge in [0.25, 0.3) is 0 Å². The Morgan fingerprint density at radius 3 is 3.00 bits per heavy atom. The molecule has 0 aliphatic carbocycles. The summed E-state index contributed by atoms with van der Waals surface area (Å²) >= 11 is 3.47. The molecule has 2 bridgehead atoms. The van der Waals surface area contributed by atoms with Crippen LogP contribution in [0.15, 0.2) is 22.7 Å². The molecule has 1 aromatic heterocycles. The number of aromatic nitrogens is 2. The van der Waals surface area contributed by atoms with E-state index in [4.69, 9.17) is 10.5 Å². The van der Waals surface area contributed by atoms with Gasteiger partial charge in [-0.2, -0.15) is 0 Å². The number of benzene rings is 1. The van der Waals surface area contributed by atoms with Crippen LogP contribution in [0.4, 0.5) is 5.95 Å². The molecule has 4 rings (SSSR count). The Hall–Kier alpha value is -1.07. The second kappa shape index (κ2) is 3.71. The van der Waals surface area contributed by atoms with E-state index in [0.29, 0.717) is 24.2 Å². The number of anilines is 1. The number of nitrogen functional groups attached to an aromatic ring is 1. The number of nitrogens with zero attached hydrogens (tertiary/aromatic N) is 2. The predicted octanol–water partition coefficient (Wildman–Crippen LogP) is 2.87. The normalized spacial score (nSPS) is 30.4. The first-order valence-electron chi connectivity index (χ1n) is 6.31. The minimum absolute atomic E-state index is 0.318. The molecule has 2 aliphatic rings. The highest BCUT2D eigenvalue weighted by Gasteiger charge is 2.42. The smallest absolute Gasteiger partial charge is 0.201 e. The van der Waals surface area contributed by atoms with Gasteiger partial charge in [-0.1, -0.05) is 15.9 Å². The van der Waals surface area contributed by atoms with E-state index in [-0.39, 0.29) is 0 Å². The second-order valence-electron chi connectivity index (χ2n) is 5.15. The SMILES string of the molecule is Nc1nc2cc(Br)ccc2n1C1CC2CCC1O2. The summed E-state index contributed by atoms with van der Waals surface area (Å²) in [5, 5.41) is 0. The lowest BCUT2D eigenvalue weighted by Crippen LogP contribution is -2.22. The molecule has 0 amide bonds. The topological polar surface area (TPSA) is 53.1 Å². The molecule has 2 aromatic rings. The molecule has 0 radical (unpaired) electrons. The minimum Gasteiger partial charge on any atom is -0.373 e. The molecule has 5 heteroatoms. The van der Waals surface area contributed by atoms with Crippen LogP contribution < -0.4 is 5.73 Å². The minimum atomic E-state index is 0.318. The van der Waals surface area contributed by atoms with Gasteiger partial charge >= 0.3 is 0 Å². The molecular weight excluding hydrogens is 294 g/mol. The van der Waals surface area contributed by atoms with Gasteiger partial charge in [-0.25, -0.2) is 4.98 Å². The molecule has 3 heterocycles. The number of rotatable bonds is 1. The van der Waals surface area contributed by atoms with E-state index >= 15 is 0 Å². The largest absolute Gasteiger partial charge is 0.373 e. The van der Waals surface area contributed by atoms with E-state index in [1.54, 1.807) is 0 Å². The number of halogens is 1. The summed E-state index contributed by atoms with van der Waals surface area (Å²) in [4.78, 5) is 4.46. The third kappa shape index (κ3) is 1.44. The number of hydrogen-bond donors (Lipinski definition) is 1. The van der Waals surface area contributed by atoms with Crippen LogP contribution in [0.25, 0.3) is 11.0 Å². The van der Waals surface area contributed by atoms with Gasteiger partial charge < -0.3 is 15.0 Å². The molecule has 18 heavy (non-hydrogen) atoms. The maximum absolute atomic E-state index is 6.10. The van der Waals surface area contributed by atoms with Crippen LogP contribution in [0.2, 0.25) is 0 Å². The van der Waals surface area contributed by atoms with Crippen molar-refractivity contribution in [2.75, 3.05) is 5.73 Å². The van der Waals surface area contributed by atoms with Crippen molar-refractivity contribution < 1.29 is 4.74 Å². The summed E-state index contributed by atoms with van der Waals surface area (Å²) in [6.45, 7) is 0. The van der Waals surface area contributed by atoms with Crippen molar-refractivity contribution in [3.63, 3.8) is 0 Å². The highest BCUT2D eigenvalue weighted by molar-refractivity contribution is 9.10. The first kappa shape index (κ1) is 10.8. The molecule has 1 aromatic carbocycles. The molecule has 2 saturated heterocycles. The number of ether oxygens (including phenoxy) is 1. The third-order valence-electron chi connectivity index (χ3n) is 4.08. The van der Waals surface area contributed by atoms with E-state index in [1.807, 2.05) is 12.1 Å². The van der Waals surface area contributed by atoms with Gasteiger partial charge in [0.2, 0.25) is 5.95 Å². The lowest BCUT2D eigenvalue weighted by Gasteiger charge is -2.21. The standard InChI is InChI=1S/C13H14BrN3O/c14-7-1-3-10-9(5-7)16-13(15)17(10)11-6-8-2-4-12(11)18-8/h1,3,5,8,11-12H,2,4,6H2,(H2,15,16). The van der Waals surface area contributed by atoms with Crippen LogP contribution in [-0.2, 0) is 4.74 Å². The van der Waals surface area contributed by atoms with Crippen molar-refractivity contribution in [3.05, 3.63) is 22.7 Å². The lowest BCUT2D eigenvalue weighted by atomic mass is 9.95. The van der Waals surface area contributed by atoms with Crippen molar-refractivity contribution in [3.8, 4) is 0 Å². The van der Waals surface area contributed by atoms with Crippen molar-refractivity contribution in [2.45, 2.75) is 37.5 Å². The Labute approximate surface area is 113 Å². The van der Waals surface area contributed by atoms with Gasteiger partial charge in [0, 0.05) is 4.47 Å². The average Bonchev–Trinajstić information content (AvgIpc) is 3.00. The zero-order valence-corrected chi connectivity index (χ0v) is 11.4. The highest BCUT2D eigenvalue weighted by atomic mass is 79.9. The van der Waals surface area contributed by atoms with Crippen LogP contribution in [0.3, 0.4) is 0 Å². The molecular formula is C13H14BrN3O. The van der Waals surface area contributed by atoms with Gasteiger partial charge in [-0.15, -0.1) is 0 Å². The number of fused-ring (bicyclic) bond motifs is 3. The Balaban J connectivity index is 1.87. The molecule has 4 nitrogen and oxygen atoms in total. The van der Waals surface area contributed by atoms with E-state index in [0.717, 1.165) is 28.3 Å². The van der Waals surface area contributed by atoms with Crippen molar-refractivity contribution >= 4 is 32.9 Å². The van der Waals surface area contributed by atoms with Gasteiger partial charge in [0.15, 0.2) is 0 Å². The fraction of sp³-hybridized carbons (Fsp3) is 0.462. The molecule has 2 N–H and O–H groups in total. The number of nitrogens with two attached hydrogens (primary N) is 1. The summed E-state index contributed by atoms with van der Waals surface area (Å²) in [6, 6.07) is 6.48. The van der Waals surface area contributed by atoms with Crippen LogP contribution in [-0.4, -0.2) is 21.8 Å². The van der Waals surface area contributed by atoms with Crippen LogP contribution >= 0.6 is 15.9 Å². The Morgan fingerprint density at radius 2 is 2.28 bits per heavy atom. The lowest BCUT2D eigenvalue weighted by molar-refractivity contribution is 0.0945. The van der Waals surface area contributed by atoms with Crippen molar-refractivity contribution in [1.82, 2.24) is 9.55 Å². The Bertz CT molecular complexity index is 624. The van der Waals surface area contributed by atoms with E-state index < -0.39 is 0 Å². The van der Waals surface area contributed by atoms with Crippen molar-refractivity contribution in [2.24, 2.45) is 0 Å². The molecule has 0 spiro atoms. The highest BCUT2D eigenvalue weighted by Crippen LogP contribution is 2.43. The Morgan fingerprint density at radius 1 is 1.39 bits per heavy atom. The van der Waals surface area contributed by atoms with Crippen LogP contribution in [0.5, 0.6) is 0 Å². The fourth-order valence-corrected chi connectivity index (χ4v) is 3.67. The second-order valence-corrected chi connectivity index (χ2v) is 6.07. The maximum Gasteiger partial charge on any atom is 0.201 e. The summed E-state index contributed by atoms with van der Waals surface area (Å²) in [6.07, 6.45) is 4.14. The van der Waals surface area contributed by atoms with Gasteiger partial charge in [0.05, 0.1) is 29.3 Å². The van der Waals surface area contributed by atoms with E-state index in [2.05, 4.69) is 31.5 Å². The molecule has 3 unspecified atom stereocenters. The van der Waals surface area contributed by atoms with E-state index in [9.17, 15) is 0 Å². The number of hydrogen-bond acceptors (Lipinski definition) is 3. The van der Waals surface area contributed by atoms with E-state index in [1.165, 1.54) is 6.42 Å². The first-order valence-corrected chi connectivity index (χ1v) is 7.10. The fourth-order valence-electron chi connectivity index (χ4n) is 3.32. The van der Waals surface area contributed by atoms with Gasteiger partial charge in [0.1, 0.15) is 0 Å². The molecule has 0 saturated carbocycles. The zero-order valence-electron chi connectivity index (χ0n) is 9.84. The summed E-state index contributed by atoms with van der Waals surface area (Å²) in [5.74, 6) is 0.601. The molecule has 94 valence electrons. The quantitative estimate of drug-likeness (QED) is 0.881. The van der Waals surface area contributed by atoms with Crippen LogP contribution in [0, 0.1) is 0 Å². The summed E-state index contributed by atoms with van der Waals surface area (Å²) in [5.41, 5.74) is 8.15. The Kier molecular flexibility index (Phi) is 2.23. The van der Waals surface area contributed by atoms with Crippen molar-refractivity contribution in [1.29, 1.82) is 0 Å². The third-order valence-corrected chi connectivity index (χ3v) is 4.58. The summed E-state index contributed by atoms with van der Waals surface area (Å²) in [7, 11) is 0. The predicted molar refractivity (Wildman–Crippen MR) is 73.4 cm³/mol. The monoisotopic (exact) mass is 307 g/mol. The van der Waals surface area contributed by atoms with Gasteiger partial charge in [-0.05, 0) is 37.5 Å². The molecule has 2 aliphatic heterocycles. The molecule has 3 atom stereocenters. The number of imidazole rings is 1. The zero-order chi connectivity index (χ0) is 12.3. The first-order chi connectivity index (χ1) is 8.72. The maximum atomic E-state index is 6.10. The summed E-state index contributed by atoms with van der Waals surface area (Å²) < 4.78 is 9.11. The van der Waals surface area contributed by atoms with Gasteiger partial charge in [-0.3, -0.25) is 0 Å².